The van der Waals surface area contributed by atoms with Gasteiger partial charge < -0.3 is 4.90 Å². The number of piperazine rings is 1. The van der Waals surface area contributed by atoms with Crippen molar-refractivity contribution in [3.05, 3.63) is 35.4 Å². The van der Waals surface area contributed by atoms with Crippen molar-refractivity contribution < 1.29 is 4.79 Å². The Balaban J connectivity index is 2.13. The van der Waals surface area contributed by atoms with E-state index in [0.717, 1.165) is 43.6 Å². The minimum atomic E-state index is 0.324. The Bertz CT molecular complexity index is 384. The number of benzene rings is 1. The van der Waals surface area contributed by atoms with Gasteiger partial charge >= 0.3 is 0 Å². The number of rotatable bonds is 3. The molecule has 0 spiro atoms. The van der Waals surface area contributed by atoms with Crippen molar-refractivity contribution in [2.24, 2.45) is 0 Å². The van der Waals surface area contributed by atoms with Crippen molar-refractivity contribution in [2.45, 2.75) is 13.0 Å². The van der Waals surface area contributed by atoms with Crippen LogP contribution in [0, 0.1) is 0 Å². The number of likely N-dealkylation sites (N-methyl/N-ethyl adjacent to an activating group) is 1. The van der Waals surface area contributed by atoms with Gasteiger partial charge in [-0.25, -0.2) is 0 Å². The summed E-state index contributed by atoms with van der Waals surface area (Å²) in [6.07, 6.45) is 0.960. The van der Waals surface area contributed by atoms with Crippen molar-refractivity contribution in [1.29, 1.82) is 0 Å². The van der Waals surface area contributed by atoms with Gasteiger partial charge in [0.1, 0.15) is 6.29 Å². The highest BCUT2D eigenvalue weighted by Gasteiger charge is 2.21. The number of hydrogen-bond donors (Lipinski definition) is 0. The van der Waals surface area contributed by atoms with Gasteiger partial charge in [0.2, 0.25) is 0 Å². The third-order valence-electron chi connectivity index (χ3n) is 3.66. The van der Waals surface area contributed by atoms with E-state index >= 15 is 0 Å². The Morgan fingerprint density at radius 1 is 1.18 bits per heavy atom. The summed E-state index contributed by atoms with van der Waals surface area (Å²) >= 11 is 0. The fraction of sp³-hybridized carbons (Fsp3) is 0.500. The highest BCUT2D eigenvalue weighted by Crippen LogP contribution is 2.23. The van der Waals surface area contributed by atoms with Crippen molar-refractivity contribution in [3.8, 4) is 0 Å². The minimum Gasteiger partial charge on any atom is -0.304 e. The van der Waals surface area contributed by atoms with E-state index in [1.54, 1.807) is 0 Å². The van der Waals surface area contributed by atoms with Crippen molar-refractivity contribution in [2.75, 3.05) is 33.2 Å². The molecule has 1 heterocycles. The summed E-state index contributed by atoms with van der Waals surface area (Å²) in [6, 6.07) is 8.21. The molecule has 17 heavy (non-hydrogen) atoms. The molecule has 3 nitrogen and oxygen atoms in total. The second kappa shape index (κ2) is 5.43. The van der Waals surface area contributed by atoms with Crippen LogP contribution in [0.4, 0.5) is 0 Å². The molecule has 1 aromatic rings. The highest BCUT2D eigenvalue weighted by molar-refractivity contribution is 5.77. The Hall–Kier alpha value is -1.19. The smallest absolute Gasteiger partial charge is 0.150 e. The van der Waals surface area contributed by atoms with E-state index in [0.29, 0.717) is 6.04 Å². The molecule has 1 saturated heterocycles. The second-order valence-electron chi connectivity index (χ2n) is 4.76. The van der Waals surface area contributed by atoms with Crippen LogP contribution in [0.3, 0.4) is 0 Å². The molecule has 1 fully saturated rings. The van der Waals surface area contributed by atoms with E-state index in [-0.39, 0.29) is 0 Å². The average Bonchev–Trinajstić information content (AvgIpc) is 2.39. The third-order valence-corrected chi connectivity index (χ3v) is 3.66. The van der Waals surface area contributed by atoms with E-state index in [1.165, 1.54) is 0 Å². The minimum absolute atomic E-state index is 0.324. The first-order chi connectivity index (χ1) is 8.22. The maximum atomic E-state index is 11.0. The first-order valence-electron chi connectivity index (χ1n) is 6.19. The SMILES string of the molecule is CC(c1ccccc1C=O)N1CCN(C)CC1. The molecule has 0 aromatic heterocycles. The van der Waals surface area contributed by atoms with Gasteiger partial charge in [-0.1, -0.05) is 24.3 Å². The van der Waals surface area contributed by atoms with E-state index < -0.39 is 0 Å². The molecule has 0 aliphatic carbocycles. The molecule has 1 atom stereocenters. The molecular formula is C14H20N2O. The van der Waals surface area contributed by atoms with Crippen molar-refractivity contribution in [3.63, 3.8) is 0 Å². The zero-order valence-electron chi connectivity index (χ0n) is 10.6. The molecule has 0 saturated carbocycles. The molecule has 3 heteroatoms. The fourth-order valence-electron chi connectivity index (χ4n) is 2.40. The first-order valence-corrected chi connectivity index (χ1v) is 6.19. The zero-order valence-corrected chi connectivity index (χ0v) is 10.6. The molecule has 1 aliphatic heterocycles. The predicted molar refractivity (Wildman–Crippen MR) is 69.3 cm³/mol. The van der Waals surface area contributed by atoms with Crippen LogP contribution in [0.1, 0.15) is 28.9 Å². The molecule has 1 unspecified atom stereocenters. The lowest BCUT2D eigenvalue weighted by Gasteiger charge is -2.37. The summed E-state index contributed by atoms with van der Waals surface area (Å²) in [7, 11) is 2.15. The number of nitrogens with zero attached hydrogens (tertiary/aromatic N) is 2. The zero-order chi connectivity index (χ0) is 12.3. The monoisotopic (exact) mass is 232 g/mol. The van der Waals surface area contributed by atoms with Gasteiger partial charge in [0.15, 0.2) is 0 Å². The summed E-state index contributed by atoms with van der Waals surface area (Å²) in [5, 5.41) is 0. The largest absolute Gasteiger partial charge is 0.304 e. The summed E-state index contributed by atoms with van der Waals surface area (Å²) in [5.74, 6) is 0. The maximum Gasteiger partial charge on any atom is 0.150 e. The van der Waals surface area contributed by atoms with Crippen molar-refractivity contribution in [1.82, 2.24) is 9.80 Å². The molecule has 0 radical (unpaired) electrons. The van der Waals surface area contributed by atoms with Crippen LogP contribution in [0.25, 0.3) is 0 Å². The Morgan fingerprint density at radius 3 is 2.47 bits per heavy atom. The molecule has 1 aromatic carbocycles. The van der Waals surface area contributed by atoms with Crippen LogP contribution in [-0.4, -0.2) is 49.3 Å². The van der Waals surface area contributed by atoms with Gasteiger partial charge in [-0.2, -0.15) is 0 Å². The highest BCUT2D eigenvalue weighted by atomic mass is 16.1. The van der Waals surface area contributed by atoms with Crippen LogP contribution in [0.5, 0.6) is 0 Å². The van der Waals surface area contributed by atoms with E-state index in [1.807, 2.05) is 18.2 Å². The normalized spacial score (nSPS) is 20.1. The maximum absolute atomic E-state index is 11.0. The lowest BCUT2D eigenvalue weighted by atomic mass is 10.0. The first kappa shape index (κ1) is 12.3. The molecule has 2 rings (SSSR count). The predicted octanol–water partition coefficient (Wildman–Crippen LogP) is 1.81. The summed E-state index contributed by atoms with van der Waals surface area (Å²) in [5.41, 5.74) is 1.96. The fourth-order valence-corrected chi connectivity index (χ4v) is 2.40. The van der Waals surface area contributed by atoms with Gasteiger partial charge in [-0.15, -0.1) is 0 Å². The van der Waals surface area contributed by atoms with Gasteiger partial charge in [0.25, 0.3) is 0 Å². The van der Waals surface area contributed by atoms with Crippen LogP contribution in [0.15, 0.2) is 24.3 Å². The molecule has 0 bridgehead atoms. The summed E-state index contributed by atoms with van der Waals surface area (Å²) in [4.78, 5) is 15.8. The quantitative estimate of drug-likeness (QED) is 0.743. The number of carbonyl (C=O) groups excluding carboxylic acids is 1. The average molecular weight is 232 g/mol. The van der Waals surface area contributed by atoms with Crippen LogP contribution >= 0.6 is 0 Å². The Morgan fingerprint density at radius 2 is 1.82 bits per heavy atom. The van der Waals surface area contributed by atoms with E-state index in [2.05, 4.69) is 29.8 Å². The van der Waals surface area contributed by atoms with Crippen LogP contribution in [0.2, 0.25) is 0 Å². The summed E-state index contributed by atoms with van der Waals surface area (Å²) < 4.78 is 0. The van der Waals surface area contributed by atoms with Gasteiger partial charge in [0, 0.05) is 37.8 Å². The van der Waals surface area contributed by atoms with Crippen LogP contribution in [-0.2, 0) is 0 Å². The molecule has 1 aliphatic rings. The Labute approximate surface area is 103 Å². The molecule has 0 N–H and O–H groups in total. The van der Waals surface area contributed by atoms with Gasteiger partial charge in [0.05, 0.1) is 0 Å². The third kappa shape index (κ3) is 2.73. The van der Waals surface area contributed by atoms with E-state index in [4.69, 9.17) is 0 Å². The lowest BCUT2D eigenvalue weighted by Crippen LogP contribution is -2.45. The van der Waals surface area contributed by atoms with E-state index in [9.17, 15) is 4.79 Å². The Kier molecular flexibility index (Phi) is 3.92. The van der Waals surface area contributed by atoms with Gasteiger partial charge in [-0.3, -0.25) is 9.69 Å². The lowest BCUT2D eigenvalue weighted by molar-refractivity contribution is 0.110. The van der Waals surface area contributed by atoms with Gasteiger partial charge in [-0.05, 0) is 19.5 Å². The second-order valence-corrected chi connectivity index (χ2v) is 4.76. The molecular weight excluding hydrogens is 212 g/mol. The molecule has 92 valence electrons. The standard InChI is InChI=1S/C14H20N2O/c1-12(16-9-7-15(2)8-10-16)14-6-4-3-5-13(14)11-17/h3-6,11-12H,7-10H2,1-2H3. The summed E-state index contributed by atoms with van der Waals surface area (Å²) in [6.45, 7) is 6.55. The number of hydrogen-bond acceptors (Lipinski definition) is 3. The van der Waals surface area contributed by atoms with Crippen LogP contribution < -0.4 is 0 Å². The topological polar surface area (TPSA) is 23.6 Å². The number of carbonyl (C=O) groups is 1. The van der Waals surface area contributed by atoms with Crippen molar-refractivity contribution >= 4 is 6.29 Å². The number of aldehydes is 1. The molecule has 0 amide bonds.